The van der Waals surface area contributed by atoms with Gasteiger partial charge in [-0.3, -0.25) is 4.79 Å². The van der Waals surface area contributed by atoms with Crippen molar-refractivity contribution in [1.82, 2.24) is 4.90 Å². The van der Waals surface area contributed by atoms with Crippen LogP contribution in [0.25, 0.3) is 0 Å². The number of fused-ring (bicyclic) bond motifs is 2. The molecular formula is C16H21NO2S. The summed E-state index contributed by atoms with van der Waals surface area (Å²) >= 11 is 1.95. The van der Waals surface area contributed by atoms with Gasteiger partial charge in [-0.05, 0) is 44.1 Å². The molecule has 2 heterocycles. The number of piperidine rings is 1. The minimum Gasteiger partial charge on any atom is -0.484 e. The van der Waals surface area contributed by atoms with E-state index >= 15 is 0 Å². The lowest BCUT2D eigenvalue weighted by Crippen LogP contribution is -2.49. The van der Waals surface area contributed by atoms with Crippen LogP contribution in [0, 0.1) is 0 Å². The molecule has 0 spiro atoms. The van der Waals surface area contributed by atoms with Crippen LogP contribution in [0.4, 0.5) is 0 Å². The Morgan fingerprint density at radius 2 is 1.90 bits per heavy atom. The quantitative estimate of drug-likeness (QED) is 0.854. The molecule has 0 N–H and O–H groups in total. The monoisotopic (exact) mass is 291 g/mol. The van der Waals surface area contributed by atoms with E-state index < -0.39 is 0 Å². The van der Waals surface area contributed by atoms with Gasteiger partial charge in [0.2, 0.25) is 0 Å². The van der Waals surface area contributed by atoms with Crippen molar-refractivity contribution in [2.45, 2.75) is 43.0 Å². The molecule has 1 aromatic carbocycles. The molecule has 3 rings (SSSR count). The molecule has 20 heavy (non-hydrogen) atoms. The molecule has 0 aliphatic carbocycles. The van der Waals surface area contributed by atoms with E-state index in [0.717, 1.165) is 23.8 Å². The first kappa shape index (κ1) is 13.8. The number of hydrogen-bond donors (Lipinski definition) is 0. The van der Waals surface area contributed by atoms with Gasteiger partial charge in [0.05, 0.1) is 0 Å². The first-order valence-electron chi connectivity index (χ1n) is 7.29. The van der Waals surface area contributed by atoms with Crippen LogP contribution >= 0.6 is 11.8 Å². The van der Waals surface area contributed by atoms with Gasteiger partial charge in [0, 0.05) is 17.3 Å². The number of amides is 1. The SMILES string of the molecule is CSC1C[C@H]2CC[C@@H](C1)N2C(=O)COc1ccccc1. The van der Waals surface area contributed by atoms with E-state index in [1.807, 2.05) is 42.1 Å². The zero-order chi connectivity index (χ0) is 13.9. The molecule has 0 saturated carbocycles. The van der Waals surface area contributed by atoms with Crippen molar-refractivity contribution in [3.63, 3.8) is 0 Å². The fourth-order valence-electron chi connectivity index (χ4n) is 3.46. The normalized spacial score (nSPS) is 28.4. The first-order chi connectivity index (χ1) is 9.78. The van der Waals surface area contributed by atoms with Crippen molar-refractivity contribution in [2.24, 2.45) is 0 Å². The van der Waals surface area contributed by atoms with Crippen LogP contribution in [0.15, 0.2) is 30.3 Å². The molecular weight excluding hydrogens is 270 g/mol. The highest BCUT2D eigenvalue weighted by Gasteiger charge is 2.42. The Morgan fingerprint density at radius 3 is 2.50 bits per heavy atom. The second-order valence-electron chi connectivity index (χ2n) is 5.62. The summed E-state index contributed by atoms with van der Waals surface area (Å²) in [4.78, 5) is 14.5. The summed E-state index contributed by atoms with van der Waals surface area (Å²) in [6.07, 6.45) is 6.81. The molecule has 1 unspecified atom stereocenters. The van der Waals surface area contributed by atoms with Gasteiger partial charge in [-0.15, -0.1) is 0 Å². The number of carbonyl (C=O) groups is 1. The van der Waals surface area contributed by atoms with Crippen LogP contribution in [-0.2, 0) is 4.79 Å². The highest BCUT2D eigenvalue weighted by Crippen LogP contribution is 2.39. The topological polar surface area (TPSA) is 29.5 Å². The van der Waals surface area contributed by atoms with E-state index in [0.29, 0.717) is 12.1 Å². The molecule has 0 radical (unpaired) electrons. The van der Waals surface area contributed by atoms with E-state index in [2.05, 4.69) is 11.2 Å². The number of carbonyl (C=O) groups excluding carboxylic acids is 1. The summed E-state index contributed by atoms with van der Waals surface area (Å²) in [5.74, 6) is 0.924. The molecule has 4 heteroatoms. The number of ether oxygens (including phenoxy) is 1. The predicted molar refractivity (Wildman–Crippen MR) is 82.1 cm³/mol. The molecule has 0 aromatic heterocycles. The Bertz CT molecular complexity index is 451. The van der Waals surface area contributed by atoms with Crippen LogP contribution in [0.5, 0.6) is 5.75 Å². The van der Waals surface area contributed by atoms with Crippen LogP contribution in [0.1, 0.15) is 25.7 Å². The number of thioether (sulfide) groups is 1. The largest absolute Gasteiger partial charge is 0.484 e. The third kappa shape index (κ3) is 2.80. The summed E-state index contributed by atoms with van der Waals surface area (Å²) in [5, 5.41) is 0.728. The Labute approximate surface area is 124 Å². The lowest BCUT2D eigenvalue weighted by Gasteiger charge is -2.38. The summed E-state index contributed by atoms with van der Waals surface area (Å²) in [5.41, 5.74) is 0. The van der Waals surface area contributed by atoms with Crippen LogP contribution in [0.2, 0.25) is 0 Å². The molecule has 3 nitrogen and oxygen atoms in total. The molecule has 2 fully saturated rings. The van der Waals surface area contributed by atoms with Crippen molar-refractivity contribution < 1.29 is 9.53 Å². The standard InChI is InChI=1S/C16H21NO2S/c1-20-15-9-12-7-8-13(10-15)17(12)16(18)11-19-14-5-3-2-4-6-14/h2-6,12-13,15H,7-11H2,1H3/t12-,13+,15?. The zero-order valence-corrected chi connectivity index (χ0v) is 12.6. The van der Waals surface area contributed by atoms with Gasteiger partial charge in [-0.2, -0.15) is 11.8 Å². The summed E-state index contributed by atoms with van der Waals surface area (Å²) < 4.78 is 5.60. The van der Waals surface area contributed by atoms with E-state index in [-0.39, 0.29) is 12.5 Å². The highest BCUT2D eigenvalue weighted by atomic mass is 32.2. The first-order valence-corrected chi connectivity index (χ1v) is 8.58. The summed E-state index contributed by atoms with van der Waals surface area (Å²) in [6, 6.07) is 10.5. The number of para-hydroxylation sites is 1. The van der Waals surface area contributed by atoms with Crippen molar-refractivity contribution >= 4 is 17.7 Å². The Hall–Kier alpha value is -1.16. The van der Waals surface area contributed by atoms with Gasteiger partial charge in [0.15, 0.2) is 6.61 Å². The number of hydrogen-bond acceptors (Lipinski definition) is 3. The average molecular weight is 291 g/mol. The molecule has 108 valence electrons. The minimum atomic E-state index is 0.154. The Kier molecular flexibility index (Phi) is 4.20. The highest BCUT2D eigenvalue weighted by molar-refractivity contribution is 7.99. The van der Waals surface area contributed by atoms with Gasteiger partial charge in [0.25, 0.3) is 5.91 Å². The van der Waals surface area contributed by atoms with E-state index in [4.69, 9.17) is 4.74 Å². The van der Waals surface area contributed by atoms with Crippen molar-refractivity contribution in [3.05, 3.63) is 30.3 Å². The van der Waals surface area contributed by atoms with Crippen molar-refractivity contribution in [3.8, 4) is 5.75 Å². The number of rotatable bonds is 4. The molecule has 1 aromatic rings. The second kappa shape index (κ2) is 6.08. The predicted octanol–water partition coefficient (Wildman–Crippen LogP) is 2.95. The molecule has 2 saturated heterocycles. The average Bonchev–Trinajstić information content (AvgIpc) is 2.76. The second-order valence-corrected chi connectivity index (χ2v) is 6.75. The molecule has 2 bridgehead atoms. The Balaban J connectivity index is 1.58. The number of benzene rings is 1. The third-order valence-electron chi connectivity index (χ3n) is 4.42. The maximum absolute atomic E-state index is 12.4. The van der Waals surface area contributed by atoms with Gasteiger partial charge in [-0.25, -0.2) is 0 Å². The third-order valence-corrected chi connectivity index (χ3v) is 5.47. The van der Waals surface area contributed by atoms with Gasteiger partial charge in [0.1, 0.15) is 5.75 Å². The maximum Gasteiger partial charge on any atom is 0.261 e. The lowest BCUT2D eigenvalue weighted by molar-refractivity contribution is -0.137. The fraction of sp³-hybridized carbons (Fsp3) is 0.562. The van der Waals surface area contributed by atoms with Gasteiger partial charge < -0.3 is 9.64 Å². The van der Waals surface area contributed by atoms with Gasteiger partial charge >= 0.3 is 0 Å². The summed E-state index contributed by atoms with van der Waals surface area (Å²) in [6.45, 7) is 0.168. The number of nitrogens with zero attached hydrogens (tertiary/aromatic N) is 1. The van der Waals surface area contributed by atoms with Crippen molar-refractivity contribution in [2.75, 3.05) is 12.9 Å². The lowest BCUT2D eigenvalue weighted by atomic mass is 10.0. The van der Waals surface area contributed by atoms with Crippen LogP contribution < -0.4 is 4.74 Å². The molecule has 3 atom stereocenters. The molecule has 2 aliphatic heterocycles. The minimum absolute atomic E-state index is 0.154. The smallest absolute Gasteiger partial charge is 0.261 e. The van der Waals surface area contributed by atoms with E-state index in [9.17, 15) is 4.79 Å². The van der Waals surface area contributed by atoms with E-state index in [1.54, 1.807) is 0 Å². The molecule has 2 aliphatic rings. The van der Waals surface area contributed by atoms with Crippen LogP contribution in [-0.4, -0.2) is 41.0 Å². The van der Waals surface area contributed by atoms with E-state index in [1.165, 1.54) is 12.8 Å². The fourth-order valence-corrected chi connectivity index (χ4v) is 4.29. The summed E-state index contributed by atoms with van der Waals surface area (Å²) in [7, 11) is 0. The Morgan fingerprint density at radius 1 is 1.25 bits per heavy atom. The maximum atomic E-state index is 12.4. The van der Waals surface area contributed by atoms with Crippen LogP contribution in [0.3, 0.4) is 0 Å². The molecule has 1 amide bonds. The zero-order valence-electron chi connectivity index (χ0n) is 11.8. The van der Waals surface area contributed by atoms with Gasteiger partial charge in [-0.1, -0.05) is 18.2 Å². The van der Waals surface area contributed by atoms with Crippen molar-refractivity contribution in [1.29, 1.82) is 0 Å².